The smallest absolute Gasteiger partial charge is 0.275 e. The van der Waals surface area contributed by atoms with Crippen LogP contribution in [0.3, 0.4) is 0 Å². The summed E-state index contributed by atoms with van der Waals surface area (Å²) < 4.78 is 0. The second-order valence-electron chi connectivity index (χ2n) is 5.56. The van der Waals surface area contributed by atoms with E-state index < -0.39 is 0 Å². The third kappa shape index (κ3) is 4.55. The fraction of sp³-hybridized carbons (Fsp3) is 0.105. The monoisotopic (exact) mass is 352 g/mol. The Bertz CT molecular complexity index is 881. The van der Waals surface area contributed by atoms with E-state index in [0.29, 0.717) is 17.4 Å². The maximum Gasteiger partial charge on any atom is 0.275 e. The summed E-state index contributed by atoms with van der Waals surface area (Å²) in [6.07, 6.45) is 2.97. The van der Waals surface area contributed by atoms with Gasteiger partial charge >= 0.3 is 0 Å². The number of benzene rings is 2. The standard InChI is InChI=1S/C19H17ClN4O/c1-13-5-4-7-15(9-13)24-19(25)17-11-23-18(12-21-17)22-10-14-6-2-3-8-16(14)20/h2-9,11-12H,10H2,1H3,(H,22,23)(H,24,25). The van der Waals surface area contributed by atoms with Crippen molar-refractivity contribution in [2.45, 2.75) is 13.5 Å². The van der Waals surface area contributed by atoms with Gasteiger partial charge < -0.3 is 10.6 Å². The second-order valence-corrected chi connectivity index (χ2v) is 5.96. The lowest BCUT2D eigenvalue weighted by Crippen LogP contribution is -2.14. The minimum Gasteiger partial charge on any atom is -0.365 e. The molecule has 0 atom stereocenters. The van der Waals surface area contributed by atoms with Gasteiger partial charge in [0.2, 0.25) is 0 Å². The summed E-state index contributed by atoms with van der Waals surface area (Å²) in [4.78, 5) is 20.6. The van der Waals surface area contributed by atoms with Gasteiger partial charge in [-0.3, -0.25) is 4.79 Å². The first-order chi connectivity index (χ1) is 12.1. The van der Waals surface area contributed by atoms with E-state index in [4.69, 9.17) is 11.6 Å². The molecule has 1 aromatic heterocycles. The maximum atomic E-state index is 12.2. The molecule has 3 rings (SSSR count). The van der Waals surface area contributed by atoms with Crippen LogP contribution in [0.5, 0.6) is 0 Å². The van der Waals surface area contributed by atoms with Gasteiger partial charge in [-0.1, -0.05) is 41.9 Å². The summed E-state index contributed by atoms with van der Waals surface area (Å²) in [5.41, 5.74) is 3.02. The largest absolute Gasteiger partial charge is 0.365 e. The molecule has 126 valence electrons. The molecule has 0 spiro atoms. The van der Waals surface area contributed by atoms with Gasteiger partial charge in [-0.25, -0.2) is 9.97 Å². The molecule has 0 aliphatic rings. The van der Waals surface area contributed by atoms with Gasteiger partial charge in [-0.05, 0) is 36.2 Å². The molecular weight excluding hydrogens is 336 g/mol. The summed E-state index contributed by atoms with van der Waals surface area (Å²) in [6.45, 7) is 2.50. The number of rotatable bonds is 5. The first kappa shape index (κ1) is 16.9. The number of nitrogens with zero attached hydrogens (tertiary/aromatic N) is 2. The third-order valence-electron chi connectivity index (χ3n) is 3.58. The summed E-state index contributed by atoms with van der Waals surface area (Å²) in [5, 5.41) is 6.63. The Morgan fingerprint density at radius 3 is 2.64 bits per heavy atom. The summed E-state index contributed by atoms with van der Waals surface area (Å²) >= 11 is 6.12. The average molecular weight is 353 g/mol. The fourth-order valence-electron chi connectivity index (χ4n) is 2.28. The summed E-state index contributed by atoms with van der Waals surface area (Å²) in [6, 6.07) is 15.2. The van der Waals surface area contributed by atoms with Gasteiger partial charge in [0.15, 0.2) is 0 Å². The van der Waals surface area contributed by atoms with E-state index in [-0.39, 0.29) is 11.6 Å². The Morgan fingerprint density at radius 2 is 1.92 bits per heavy atom. The lowest BCUT2D eigenvalue weighted by Gasteiger charge is -2.08. The Balaban J connectivity index is 1.61. The van der Waals surface area contributed by atoms with Crippen LogP contribution in [-0.2, 0) is 6.54 Å². The topological polar surface area (TPSA) is 66.9 Å². The SMILES string of the molecule is Cc1cccc(NC(=O)c2cnc(NCc3ccccc3Cl)cn2)c1. The third-order valence-corrected chi connectivity index (χ3v) is 3.95. The highest BCUT2D eigenvalue weighted by Gasteiger charge is 2.09. The Hall–Kier alpha value is -2.92. The van der Waals surface area contributed by atoms with Crippen LogP contribution in [-0.4, -0.2) is 15.9 Å². The minimum absolute atomic E-state index is 0.254. The number of carbonyl (C=O) groups excluding carboxylic acids is 1. The number of hydrogen-bond acceptors (Lipinski definition) is 4. The van der Waals surface area contributed by atoms with Crippen LogP contribution in [0.1, 0.15) is 21.6 Å². The fourth-order valence-corrected chi connectivity index (χ4v) is 2.48. The van der Waals surface area contributed by atoms with Crippen LogP contribution in [0.2, 0.25) is 5.02 Å². The van der Waals surface area contributed by atoms with Crippen molar-refractivity contribution in [2.24, 2.45) is 0 Å². The molecule has 0 saturated carbocycles. The highest BCUT2D eigenvalue weighted by atomic mass is 35.5. The zero-order valence-corrected chi connectivity index (χ0v) is 14.4. The van der Waals surface area contributed by atoms with Crippen molar-refractivity contribution in [2.75, 3.05) is 10.6 Å². The van der Waals surface area contributed by atoms with E-state index in [9.17, 15) is 4.79 Å². The molecule has 0 aliphatic heterocycles. The van der Waals surface area contributed by atoms with Crippen molar-refractivity contribution >= 4 is 29.0 Å². The summed E-state index contributed by atoms with van der Waals surface area (Å²) in [7, 11) is 0. The Kier molecular flexibility index (Phi) is 5.26. The van der Waals surface area contributed by atoms with E-state index in [1.807, 2.05) is 55.5 Å². The second kappa shape index (κ2) is 7.77. The van der Waals surface area contributed by atoms with Crippen LogP contribution in [0, 0.1) is 6.92 Å². The molecule has 0 unspecified atom stereocenters. The molecule has 0 saturated heterocycles. The van der Waals surface area contributed by atoms with Crippen LogP contribution < -0.4 is 10.6 Å². The van der Waals surface area contributed by atoms with E-state index in [1.165, 1.54) is 12.4 Å². The average Bonchev–Trinajstić information content (AvgIpc) is 2.61. The number of aromatic nitrogens is 2. The van der Waals surface area contributed by atoms with Crippen LogP contribution in [0.25, 0.3) is 0 Å². The van der Waals surface area contributed by atoms with Crippen LogP contribution in [0.15, 0.2) is 60.9 Å². The van der Waals surface area contributed by atoms with Crippen molar-refractivity contribution in [1.29, 1.82) is 0 Å². The number of nitrogens with one attached hydrogen (secondary N) is 2. The number of halogens is 1. The van der Waals surface area contributed by atoms with Gasteiger partial charge in [0.25, 0.3) is 5.91 Å². The maximum absolute atomic E-state index is 12.2. The lowest BCUT2D eigenvalue weighted by atomic mass is 10.2. The Labute approximate surface area is 151 Å². The quantitative estimate of drug-likeness (QED) is 0.718. The predicted molar refractivity (Wildman–Crippen MR) is 99.9 cm³/mol. The molecule has 2 N–H and O–H groups in total. The zero-order chi connectivity index (χ0) is 17.6. The number of hydrogen-bond donors (Lipinski definition) is 2. The molecule has 0 aliphatic carbocycles. The highest BCUT2D eigenvalue weighted by Crippen LogP contribution is 2.16. The van der Waals surface area contributed by atoms with E-state index >= 15 is 0 Å². The predicted octanol–water partition coefficient (Wildman–Crippen LogP) is 4.30. The molecule has 2 aromatic carbocycles. The molecule has 0 bridgehead atoms. The first-order valence-corrected chi connectivity index (χ1v) is 8.17. The molecule has 6 heteroatoms. The zero-order valence-electron chi connectivity index (χ0n) is 13.7. The van der Waals surface area contributed by atoms with Crippen LogP contribution in [0.4, 0.5) is 11.5 Å². The molecule has 1 amide bonds. The normalized spacial score (nSPS) is 10.3. The van der Waals surface area contributed by atoms with Gasteiger partial charge in [-0.15, -0.1) is 0 Å². The highest BCUT2D eigenvalue weighted by molar-refractivity contribution is 6.31. The van der Waals surface area contributed by atoms with Gasteiger partial charge in [0.05, 0.1) is 12.4 Å². The van der Waals surface area contributed by atoms with Crippen molar-refractivity contribution in [3.05, 3.63) is 82.8 Å². The number of amides is 1. The van der Waals surface area contributed by atoms with Gasteiger partial charge in [-0.2, -0.15) is 0 Å². The van der Waals surface area contributed by atoms with Crippen molar-refractivity contribution in [1.82, 2.24) is 9.97 Å². The number of aryl methyl sites for hydroxylation is 1. The molecule has 5 nitrogen and oxygen atoms in total. The first-order valence-electron chi connectivity index (χ1n) is 7.79. The molecular formula is C19H17ClN4O. The molecule has 0 fully saturated rings. The summed E-state index contributed by atoms with van der Waals surface area (Å²) in [5.74, 6) is 0.280. The van der Waals surface area contributed by atoms with E-state index in [2.05, 4.69) is 20.6 Å². The number of carbonyl (C=O) groups is 1. The molecule has 0 radical (unpaired) electrons. The van der Waals surface area contributed by atoms with Crippen molar-refractivity contribution in [3.63, 3.8) is 0 Å². The van der Waals surface area contributed by atoms with Crippen molar-refractivity contribution in [3.8, 4) is 0 Å². The Morgan fingerprint density at radius 1 is 1.08 bits per heavy atom. The van der Waals surface area contributed by atoms with Gasteiger partial charge in [0.1, 0.15) is 11.5 Å². The van der Waals surface area contributed by atoms with E-state index in [0.717, 1.165) is 16.8 Å². The van der Waals surface area contributed by atoms with Crippen molar-refractivity contribution < 1.29 is 4.79 Å². The van der Waals surface area contributed by atoms with E-state index in [1.54, 1.807) is 0 Å². The lowest BCUT2D eigenvalue weighted by molar-refractivity contribution is 0.102. The molecule has 3 aromatic rings. The minimum atomic E-state index is -0.296. The molecule has 25 heavy (non-hydrogen) atoms. The number of anilines is 2. The van der Waals surface area contributed by atoms with Gasteiger partial charge in [0, 0.05) is 17.3 Å². The van der Waals surface area contributed by atoms with Crippen LogP contribution >= 0.6 is 11.6 Å². The molecule has 1 heterocycles.